The van der Waals surface area contributed by atoms with Crippen molar-refractivity contribution in [1.82, 2.24) is 10.2 Å². The van der Waals surface area contributed by atoms with Crippen molar-refractivity contribution in [3.05, 3.63) is 58.4 Å². The Kier molecular flexibility index (Phi) is 10.1. The molecule has 3 atom stereocenters. The monoisotopic (exact) mass is 539 g/mol. The van der Waals surface area contributed by atoms with Crippen LogP contribution in [0.4, 0.5) is 10.1 Å². The molecule has 1 amide bonds. The first-order chi connectivity index (χ1) is 17.7. The van der Waals surface area contributed by atoms with Crippen LogP contribution >= 0.6 is 11.6 Å². The number of carbonyl (C=O) groups is 1. The molecule has 37 heavy (non-hydrogen) atoms. The molecule has 9 nitrogen and oxygen atoms in total. The van der Waals surface area contributed by atoms with E-state index in [0.717, 1.165) is 0 Å². The molecule has 0 aromatic heterocycles. The number of piperidine rings is 1. The van der Waals surface area contributed by atoms with Gasteiger partial charge in [0.25, 0.3) is 5.91 Å². The number of hydrogen-bond donors (Lipinski definition) is 3. The van der Waals surface area contributed by atoms with Crippen LogP contribution in [-0.4, -0.2) is 82.2 Å². The standard InChI is InChI=1S/C26H35ClFN3O6/c1-34-22-14-20(29)19(27)13-18(22)25(33)30-21-9-11-31(15-23(21)35-2)12-10-24(32)26(36-3,37-4)16-5-7-17(28)8-6-16/h5-8,13-14,21,23-24,32H,9-12,15,29H2,1-4H3,(H,30,33). The number of benzene rings is 2. The van der Waals surface area contributed by atoms with Gasteiger partial charge in [0.15, 0.2) is 0 Å². The van der Waals surface area contributed by atoms with Gasteiger partial charge < -0.3 is 40.0 Å². The van der Waals surface area contributed by atoms with Gasteiger partial charge in [0.2, 0.25) is 5.79 Å². The molecule has 1 heterocycles. The van der Waals surface area contributed by atoms with Crippen LogP contribution in [0, 0.1) is 5.82 Å². The fraction of sp³-hybridized carbons (Fsp3) is 0.500. The van der Waals surface area contributed by atoms with Crippen LogP contribution in [0.25, 0.3) is 0 Å². The summed E-state index contributed by atoms with van der Waals surface area (Å²) in [6, 6.07) is 8.42. The van der Waals surface area contributed by atoms with E-state index < -0.39 is 17.7 Å². The zero-order valence-corrected chi connectivity index (χ0v) is 22.3. The van der Waals surface area contributed by atoms with Crippen molar-refractivity contribution in [1.29, 1.82) is 0 Å². The lowest BCUT2D eigenvalue weighted by molar-refractivity contribution is -0.270. The third-order valence-electron chi connectivity index (χ3n) is 6.84. The van der Waals surface area contributed by atoms with Gasteiger partial charge in [-0.15, -0.1) is 0 Å². The van der Waals surface area contributed by atoms with Gasteiger partial charge in [-0.25, -0.2) is 4.39 Å². The van der Waals surface area contributed by atoms with Gasteiger partial charge in [-0.1, -0.05) is 23.7 Å². The molecular weight excluding hydrogens is 505 g/mol. The molecule has 0 aliphatic carbocycles. The van der Waals surface area contributed by atoms with Crippen LogP contribution in [0.15, 0.2) is 36.4 Å². The highest BCUT2D eigenvalue weighted by Crippen LogP contribution is 2.33. The third kappa shape index (κ3) is 6.51. The van der Waals surface area contributed by atoms with Crippen molar-refractivity contribution >= 4 is 23.2 Å². The van der Waals surface area contributed by atoms with Crippen LogP contribution in [-0.2, 0) is 20.0 Å². The third-order valence-corrected chi connectivity index (χ3v) is 7.16. The fourth-order valence-corrected chi connectivity index (χ4v) is 4.87. The molecule has 2 aromatic carbocycles. The second-order valence-electron chi connectivity index (χ2n) is 8.90. The number of anilines is 1. The van der Waals surface area contributed by atoms with E-state index in [2.05, 4.69) is 10.2 Å². The Labute approximate surface area is 221 Å². The number of aliphatic hydroxyl groups is 1. The lowest BCUT2D eigenvalue weighted by atomic mass is 9.96. The van der Waals surface area contributed by atoms with Crippen molar-refractivity contribution in [2.24, 2.45) is 0 Å². The van der Waals surface area contributed by atoms with Gasteiger partial charge in [-0.2, -0.15) is 0 Å². The fourth-order valence-electron chi connectivity index (χ4n) is 4.71. The maximum absolute atomic E-state index is 13.4. The van der Waals surface area contributed by atoms with Gasteiger partial charge in [0.05, 0.1) is 35.5 Å². The first kappa shape index (κ1) is 29.1. The van der Waals surface area contributed by atoms with Crippen molar-refractivity contribution in [2.75, 3.05) is 53.8 Å². The topological polar surface area (TPSA) is 116 Å². The number of nitrogens with one attached hydrogen (secondary N) is 1. The minimum Gasteiger partial charge on any atom is -0.496 e. The van der Waals surface area contributed by atoms with Crippen LogP contribution in [0.2, 0.25) is 5.02 Å². The van der Waals surface area contributed by atoms with Gasteiger partial charge >= 0.3 is 0 Å². The highest BCUT2D eigenvalue weighted by atomic mass is 35.5. The van der Waals surface area contributed by atoms with E-state index in [-0.39, 0.29) is 23.1 Å². The van der Waals surface area contributed by atoms with Gasteiger partial charge in [-0.3, -0.25) is 4.79 Å². The van der Waals surface area contributed by atoms with Crippen LogP contribution < -0.4 is 15.8 Å². The van der Waals surface area contributed by atoms with E-state index in [1.807, 2.05) is 0 Å². The molecule has 0 bridgehead atoms. The molecule has 11 heteroatoms. The van der Waals surface area contributed by atoms with E-state index in [1.54, 1.807) is 7.11 Å². The predicted octanol–water partition coefficient (Wildman–Crippen LogP) is 2.79. The van der Waals surface area contributed by atoms with Crippen LogP contribution in [0.1, 0.15) is 28.8 Å². The minimum absolute atomic E-state index is 0.240. The van der Waals surface area contributed by atoms with Crippen LogP contribution in [0.5, 0.6) is 5.75 Å². The average molecular weight is 540 g/mol. The number of hydrogen-bond acceptors (Lipinski definition) is 8. The molecule has 0 saturated carbocycles. The molecular formula is C26H35ClFN3O6. The number of carbonyl (C=O) groups excluding carboxylic acids is 1. The van der Waals surface area contributed by atoms with Gasteiger partial charge in [0, 0.05) is 52.6 Å². The van der Waals surface area contributed by atoms with E-state index in [4.69, 9.17) is 36.3 Å². The Morgan fingerprint density at radius 3 is 2.51 bits per heavy atom. The number of halogens is 2. The summed E-state index contributed by atoms with van der Waals surface area (Å²) in [5.41, 5.74) is 6.95. The number of methoxy groups -OCH3 is 4. The largest absolute Gasteiger partial charge is 0.496 e. The number of nitrogen functional groups attached to an aromatic ring is 1. The summed E-state index contributed by atoms with van der Waals surface area (Å²) in [7, 11) is 5.93. The molecule has 1 aliphatic rings. The minimum atomic E-state index is -1.43. The highest BCUT2D eigenvalue weighted by molar-refractivity contribution is 6.33. The Hall–Kier alpha value is -2.47. The molecule has 1 saturated heterocycles. The zero-order chi connectivity index (χ0) is 27.2. The number of aliphatic hydroxyl groups excluding tert-OH is 1. The Morgan fingerprint density at radius 1 is 1.24 bits per heavy atom. The smallest absolute Gasteiger partial charge is 0.255 e. The number of ether oxygens (including phenoxy) is 4. The summed E-state index contributed by atoms with van der Waals surface area (Å²) in [4.78, 5) is 15.1. The van der Waals surface area contributed by atoms with Gasteiger partial charge in [0.1, 0.15) is 17.7 Å². The Balaban J connectivity index is 1.62. The highest BCUT2D eigenvalue weighted by Gasteiger charge is 2.41. The summed E-state index contributed by atoms with van der Waals surface area (Å²) in [6.45, 7) is 1.73. The molecule has 1 fully saturated rings. The zero-order valence-electron chi connectivity index (χ0n) is 21.5. The van der Waals surface area contributed by atoms with Crippen molar-refractivity contribution in [2.45, 2.75) is 36.9 Å². The molecule has 1 aliphatic heterocycles. The molecule has 0 radical (unpaired) electrons. The van der Waals surface area contributed by atoms with Crippen molar-refractivity contribution < 1.29 is 33.2 Å². The predicted molar refractivity (Wildman–Crippen MR) is 138 cm³/mol. The van der Waals surface area contributed by atoms with E-state index in [0.29, 0.717) is 55.0 Å². The number of amides is 1. The maximum atomic E-state index is 13.4. The molecule has 3 rings (SSSR count). The van der Waals surface area contributed by atoms with E-state index >= 15 is 0 Å². The molecule has 2 aromatic rings. The molecule has 204 valence electrons. The number of nitrogens with two attached hydrogens (primary N) is 1. The van der Waals surface area contributed by atoms with Crippen LogP contribution in [0.3, 0.4) is 0 Å². The van der Waals surface area contributed by atoms with E-state index in [1.165, 1.54) is 57.7 Å². The average Bonchev–Trinajstić information content (AvgIpc) is 2.91. The second-order valence-corrected chi connectivity index (χ2v) is 9.31. The second kappa shape index (κ2) is 12.9. The maximum Gasteiger partial charge on any atom is 0.255 e. The molecule has 0 spiro atoms. The Morgan fingerprint density at radius 2 is 1.92 bits per heavy atom. The first-order valence-electron chi connectivity index (χ1n) is 11.9. The SMILES string of the molecule is COc1cc(N)c(Cl)cc1C(=O)NC1CCN(CCC(O)C(OC)(OC)c2ccc(F)cc2)CC1OC. The number of nitrogens with zero attached hydrogens (tertiary/aromatic N) is 1. The summed E-state index contributed by atoms with van der Waals surface area (Å²) in [6.07, 6.45) is -0.345. The molecule has 3 unspecified atom stereocenters. The summed E-state index contributed by atoms with van der Waals surface area (Å²) >= 11 is 6.12. The van der Waals surface area contributed by atoms with Crippen molar-refractivity contribution in [3.8, 4) is 5.75 Å². The number of likely N-dealkylation sites (tertiary alicyclic amines) is 1. The number of rotatable bonds is 11. The molecule has 4 N–H and O–H groups in total. The summed E-state index contributed by atoms with van der Waals surface area (Å²) in [5, 5.41) is 14.3. The normalized spacial score (nSPS) is 19.4. The van der Waals surface area contributed by atoms with E-state index in [9.17, 15) is 14.3 Å². The van der Waals surface area contributed by atoms with Crippen molar-refractivity contribution in [3.63, 3.8) is 0 Å². The lowest BCUT2D eigenvalue weighted by Gasteiger charge is -2.40. The van der Waals surface area contributed by atoms with Gasteiger partial charge in [-0.05, 0) is 31.0 Å². The first-order valence-corrected chi connectivity index (χ1v) is 12.3. The summed E-state index contributed by atoms with van der Waals surface area (Å²) in [5.74, 6) is -1.82. The quantitative estimate of drug-likeness (QED) is 0.295. The lowest BCUT2D eigenvalue weighted by Crippen LogP contribution is -2.55. The Bertz CT molecular complexity index is 1050. The summed E-state index contributed by atoms with van der Waals surface area (Å²) < 4.78 is 35.6.